The van der Waals surface area contributed by atoms with Crippen LogP contribution in [-0.4, -0.2) is 0 Å². The first kappa shape index (κ1) is 19.0. The van der Waals surface area contributed by atoms with Crippen LogP contribution < -0.4 is 0 Å². The van der Waals surface area contributed by atoms with Crippen LogP contribution in [0.5, 0.6) is 0 Å². The van der Waals surface area contributed by atoms with Gasteiger partial charge in [0, 0.05) is 0 Å². The molecule has 0 aromatic heterocycles. The van der Waals surface area contributed by atoms with Crippen LogP contribution in [0.25, 0.3) is 11.1 Å². The van der Waals surface area contributed by atoms with Gasteiger partial charge in [-0.3, -0.25) is 0 Å². The lowest BCUT2D eigenvalue weighted by molar-refractivity contribution is 1.55. The third-order valence-electron chi connectivity index (χ3n) is 4.71. The Kier molecular flexibility index (Phi) is 6.42. The lowest BCUT2D eigenvalue weighted by atomic mass is 10.00. The molecule has 1 heteroatoms. The van der Waals surface area contributed by atoms with Crippen LogP contribution in [0.1, 0.15) is 22.3 Å². The Balaban J connectivity index is 1.72. The van der Waals surface area contributed by atoms with Crippen molar-refractivity contribution in [3.63, 3.8) is 0 Å². The van der Waals surface area contributed by atoms with E-state index in [4.69, 9.17) is 0 Å². The van der Waals surface area contributed by atoms with Crippen molar-refractivity contribution in [2.75, 3.05) is 0 Å². The van der Waals surface area contributed by atoms with E-state index in [1.165, 1.54) is 33.4 Å². The average Bonchev–Trinajstić information content (AvgIpc) is 2.81. The van der Waals surface area contributed by atoms with Crippen LogP contribution in [0.2, 0.25) is 0 Å². The van der Waals surface area contributed by atoms with E-state index >= 15 is 0 Å². The summed E-state index contributed by atoms with van der Waals surface area (Å²) in [6.07, 6.45) is 0. The summed E-state index contributed by atoms with van der Waals surface area (Å²) in [4.78, 5) is 0. The van der Waals surface area contributed by atoms with Gasteiger partial charge in [-0.05, 0) is 44.2 Å². The largest absolute Gasteiger partial charge is 0.105 e. The molecule has 0 saturated carbocycles. The van der Waals surface area contributed by atoms with Crippen LogP contribution in [0, 0.1) is 0 Å². The normalized spacial score (nSPS) is 10.2. The Morgan fingerprint density at radius 1 is 0.379 bits per heavy atom. The molecule has 4 rings (SSSR count). The quantitative estimate of drug-likeness (QED) is 0.322. The summed E-state index contributed by atoms with van der Waals surface area (Å²) in [5.41, 5.74) is 7.35. The first-order valence-electron chi connectivity index (χ1n) is 9.69. The molecule has 140 valence electrons. The minimum Gasteiger partial charge on any atom is -0.105 e. The van der Waals surface area contributed by atoms with Gasteiger partial charge >= 0.3 is 0 Å². The fourth-order valence-electron chi connectivity index (χ4n) is 3.25. The third kappa shape index (κ3) is 4.96. The second-order valence-corrected chi connectivity index (χ2v) is 7.41. The Labute approximate surface area is 177 Å². The minimum atomic E-state index is 1.22. The molecule has 0 bridgehead atoms. The molecule has 4 aromatic carbocycles. The number of thioether (sulfide) groups is 1. The predicted octanol–water partition coefficient (Wildman–Crippen LogP) is 7.90. The topological polar surface area (TPSA) is 0 Å². The number of hydrogen-bond donors (Lipinski definition) is 0. The van der Waals surface area contributed by atoms with E-state index in [-0.39, 0.29) is 0 Å². The van der Waals surface area contributed by atoms with Crippen LogP contribution in [-0.2, 0) is 0 Å². The second kappa shape index (κ2) is 9.77. The van der Waals surface area contributed by atoms with E-state index in [0.29, 0.717) is 0 Å². The van der Waals surface area contributed by atoms with Crippen LogP contribution >= 0.6 is 11.8 Å². The maximum absolute atomic E-state index is 2.25. The van der Waals surface area contributed by atoms with E-state index in [1.807, 2.05) is 0 Å². The van der Waals surface area contributed by atoms with Gasteiger partial charge in [-0.2, -0.15) is 0 Å². The van der Waals surface area contributed by atoms with Crippen molar-refractivity contribution in [2.45, 2.75) is 0 Å². The Bertz CT molecular complexity index is 906. The molecular formula is C28H22S. The van der Waals surface area contributed by atoms with Crippen molar-refractivity contribution in [2.24, 2.45) is 0 Å². The molecule has 0 aliphatic rings. The SMILES string of the molecule is C(SC=C(c1ccccc1)c1ccccc1)=C(c1ccccc1)c1ccccc1. The molecule has 0 fully saturated rings. The third-order valence-corrected chi connectivity index (χ3v) is 5.45. The summed E-state index contributed by atoms with van der Waals surface area (Å²) >= 11 is 1.72. The first-order chi connectivity index (χ1) is 14.4. The molecule has 4 aromatic rings. The monoisotopic (exact) mass is 390 g/mol. The van der Waals surface area contributed by atoms with Gasteiger partial charge in [-0.15, -0.1) is 11.8 Å². The Morgan fingerprint density at radius 2 is 0.621 bits per heavy atom. The fourth-order valence-corrected chi connectivity index (χ4v) is 4.13. The van der Waals surface area contributed by atoms with Crippen molar-refractivity contribution in [1.82, 2.24) is 0 Å². The lowest BCUT2D eigenvalue weighted by Crippen LogP contribution is -1.87. The number of benzene rings is 4. The maximum atomic E-state index is 2.25. The molecular weight excluding hydrogens is 368 g/mol. The van der Waals surface area contributed by atoms with Gasteiger partial charge in [0.1, 0.15) is 0 Å². The highest BCUT2D eigenvalue weighted by molar-refractivity contribution is 8.05. The zero-order valence-corrected chi connectivity index (χ0v) is 16.9. The molecule has 0 nitrogen and oxygen atoms in total. The lowest BCUT2D eigenvalue weighted by Gasteiger charge is -2.10. The highest BCUT2D eigenvalue weighted by Crippen LogP contribution is 2.30. The molecule has 0 aliphatic heterocycles. The first-order valence-corrected chi connectivity index (χ1v) is 10.6. The van der Waals surface area contributed by atoms with Gasteiger partial charge in [0.2, 0.25) is 0 Å². The highest BCUT2D eigenvalue weighted by Gasteiger charge is 2.06. The fraction of sp³-hybridized carbons (Fsp3) is 0. The van der Waals surface area contributed by atoms with Crippen molar-refractivity contribution < 1.29 is 0 Å². The van der Waals surface area contributed by atoms with Gasteiger partial charge in [-0.25, -0.2) is 0 Å². The summed E-state index contributed by atoms with van der Waals surface area (Å²) in [5, 5.41) is 4.49. The molecule has 0 radical (unpaired) electrons. The van der Waals surface area contributed by atoms with E-state index in [9.17, 15) is 0 Å². The van der Waals surface area contributed by atoms with Gasteiger partial charge in [0.25, 0.3) is 0 Å². The van der Waals surface area contributed by atoms with Gasteiger partial charge < -0.3 is 0 Å². The zero-order valence-electron chi connectivity index (χ0n) is 16.1. The molecule has 0 N–H and O–H groups in total. The van der Waals surface area contributed by atoms with Crippen molar-refractivity contribution in [1.29, 1.82) is 0 Å². The molecule has 0 unspecified atom stereocenters. The van der Waals surface area contributed by atoms with E-state index < -0.39 is 0 Å². The Hall–Kier alpha value is -3.29. The molecule has 0 saturated heterocycles. The average molecular weight is 391 g/mol. The summed E-state index contributed by atoms with van der Waals surface area (Å²) < 4.78 is 0. The van der Waals surface area contributed by atoms with Crippen molar-refractivity contribution >= 4 is 22.9 Å². The molecule has 0 atom stereocenters. The molecule has 0 heterocycles. The molecule has 29 heavy (non-hydrogen) atoms. The van der Waals surface area contributed by atoms with E-state index in [1.54, 1.807) is 11.8 Å². The van der Waals surface area contributed by atoms with Crippen molar-refractivity contribution in [3.05, 3.63) is 154 Å². The maximum Gasteiger partial charge on any atom is -0.00450 e. The summed E-state index contributed by atoms with van der Waals surface area (Å²) in [6.45, 7) is 0. The van der Waals surface area contributed by atoms with Gasteiger partial charge in [0.05, 0.1) is 0 Å². The van der Waals surface area contributed by atoms with E-state index in [0.717, 1.165) is 0 Å². The number of rotatable bonds is 6. The minimum absolute atomic E-state index is 1.22. The van der Waals surface area contributed by atoms with Crippen LogP contribution in [0.3, 0.4) is 0 Å². The van der Waals surface area contributed by atoms with Crippen LogP contribution in [0.4, 0.5) is 0 Å². The molecule has 0 amide bonds. The van der Waals surface area contributed by atoms with Crippen molar-refractivity contribution in [3.8, 4) is 0 Å². The number of hydrogen-bond acceptors (Lipinski definition) is 1. The second-order valence-electron chi connectivity index (χ2n) is 6.66. The standard InChI is InChI=1S/C28H22S/c1-5-13-23(14-6-1)27(24-15-7-2-8-16-24)21-29-22-28(25-17-9-3-10-18-25)26-19-11-4-12-20-26/h1-22H. The summed E-state index contributed by atoms with van der Waals surface area (Å²) in [7, 11) is 0. The zero-order chi connectivity index (χ0) is 19.7. The van der Waals surface area contributed by atoms with Gasteiger partial charge in [-0.1, -0.05) is 121 Å². The molecule has 0 aliphatic carbocycles. The predicted molar refractivity (Wildman–Crippen MR) is 128 cm³/mol. The summed E-state index contributed by atoms with van der Waals surface area (Å²) in [5.74, 6) is 0. The summed E-state index contributed by atoms with van der Waals surface area (Å²) in [6, 6.07) is 42.3. The van der Waals surface area contributed by atoms with Gasteiger partial charge in [0.15, 0.2) is 0 Å². The van der Waals surface area contributed by atoms with Crippen LogP contribution in [0.15, 0.2) is 132 Å². The van der Waals surface area contributed by atoms with E-state index in [2.05, 4.69) is 132 Å². The Morgan fingerprint density at radius 3 is 0.862 bits per heavy atom. The highest BCUT2D eigenvalue weighted by atomic mass is 32.2. The molecule has 0 spiro atoms. The smallest absolute Gasteiger partial charge is 0.00450 e.